The van der Waals surface area contributed by atoms with Crippen molar-refractivity contribution < 1.29 is 5.11 Å². The summed E-state index contributed by atoms with van der Waals surface area (Å²) in [4.78, 5) is 0. The highest BCUT2D eigenvalue weighted by Gasteiger charge is 2.33. The summed E-state index contributed by atoms with van der Waals surface area (Å²) < 4.78 is 0. The van der Waals surface area contributed by atoms with Gasteiger partial charge in [-0.3, -0.25) is 0 Å². The average Bonchev–Trinajstić information content (AvgIpc) is 1.95. The monoisotopic (exact) mass is 153 g/mol. The van der Waals surface area contributed by atoms with Crippen molar-refractivity contribution in [3.05, 3.63) is 24.3 Å². The highest BCUT2D eigenvalue weighted by molar-refractivity contribution is 5.19. The minimum atomic E-state index is -0.779. The molecule has 0 aromatic heterocycles. The first-order chi connectivity index (χ1) is 5.07. The molecule has 1 rings (SSSR count). The van der Waals surface area contributed by atoms with Crippen LogP contribution in [0, 0.1) is 11.3 Å². The topological polar surface area (TPSA) is 46.2 Å². The van der Waals surface area contributed by atoms with Crippen LogP contribution < -0.4 is 5.73 Å². The van der Waals surface area contributed by atoms with Gasteiger partial charge < -0.3 is 10.8 Å². The third-order valence-corrected chi connectivity index (χ3v) is 2.58. The van der Waals surface area contributed by atoms with Crippen molar-refractivity contribution in [1.29, 1.82) is 0 Å². The van der Waals surface area contributed by atoms with Crippen LogP contribution >= 0.6 is 0 Å². The molecule has 0 aromatic rings. The summed E-state index contributed by atoms with van der Waals surface area (Å²) in [6, 6.07) is 0. The summed E-state index contributed by atoms with van der Waals surface area (Å²) in [5.74, 6) is 0.299. The Morgan fingerprint density at radius 3 is 2.55 bits per heavy atom. The molecule has 0 amide bonds. The third-order valence-electron chi connectivity index (χ3n) is 2.58. The second kappa shape index (κ2) is 2.80. The van der Waals surface area contributed by atoms with Gasteiger partial charge in [0.25, 0.3) is 0 Å². The summed E-state index contributed by atoms with van der Waals surface area (Å²) in [5, 5.41) is 9.30. The van der Waals surface area contributed by atoms with Gasteiger partial charge in [-0.2, -0.15) is 0 Å². The van der Waals surface area contributed by atoms with Gasteiger partial charge in [0.15, 0.2) is 0 Å². The third kappa shape index (κ3) is 1.37. The largest absolute Gasteiger partial charge is 0.378 e. The molecule has 0 spiro atoms. The van der Waals surface area contributed by atoms with Gasteiger partial charge in [-0.25, -0.2) is 0 Å². The van der Waals surface area contributed by atoms with Gasteiger partial charge in [0.05, 0.1) is 0 Å². The Morgan fingerprint density at radius 2 is 2.18 bits per heavy atom. The van der Waals surface area contributed by atoms with Crippen LogP contribution in [0.15, 0.2) is 24.3 Å². The molecule has 11 heavy (non-hydrogen) atoms. The number of nitrogens with two attached hydrogens (primary N) is 1. The lowest BCUT2D eigenvalue weighted by molar-refractivity contribution is 0.0515. The fourth-order valence-corrected chi connectivity index (χ4v) is 1.22. The fourth-order valence-electron chi connectivity index (χ4n) is 1.22. The number of allylic oxidation sites excluding steroid dienone is 3. The molecule has 1 aliphatic carbocycles. The Bertz CT molecular complexity index is 196. The summed E-state index contributed by atoms with van der Waals surface area (Å²) in [7, 11) is 0. The first-order valence-corrected chi connectivity index (χ1v) is 3.87. The predicted molar refractivity (Wildman–Crippen MR) is 45.7 cm³/mol. The van der Waals surface area contributed by atoms with E-state index < -0.39 is 6.23 Å². The minimum absolute atomic E-state index is 0.297. The van der Waals surface area contributed by atoms with Crippen LogP contribution in [-0.2, 0) is 0 Å². The molecule has 0 saturated heterocycles. The van der Waals surface area contributed by atoms with Gasteiger partial charge in [-0.05, 0) is 5.92 Å². The van der Waals surface area contributed by atoms with Crippen molar-refractivity contribution in [2.75, 3.05) is 0 Å². The molecule has 0 aromatic carbocycles. The van der Waals surface area contributed by atoms with E-state index in [0.29, 0.717) is 5.92 Å². The van der Waals surface area contributed by atoms with Crippen molar-refractivity contribution in [2.24, 2.45) is 17.1 Å². The van der Waals surface area contributed by atoms with Crippen molar-refractivity contribution >= 4 is 0 Å². The van der Waals surface area contributed by atoms with E-state index in [0.717, 1.165) is 0 Å². The Morgan fingerprint density at radius 1 is 1.55 bits per heavy atom. The Kier molecular flexibility index (Phi) is 2.16. The molecule has 0 saturated carbocycles. The van der Waals surface area contributed by atoms with E-state index in [4.69, 9.17) is 5.73 Å². The summed E-state index contributed by atoms with van der Waals surface area (Å²) in [6.07, 6.45) is 7.14. The predicted octanol–water partition coefficient (Wildman–Crippen LogP) is 1.03. The van der Waals surface area contributed by atoms with E-state index in [2.05, 4.69) is 13.0 Å². The normalized spacial score (nSPS) is 39.1. The molecule has 3 atom stereocenters. The SMILES string of the molecule is C[C@@H]1C=CC=C[C@@]1(C)[C@H](N)O. The number of hydrogen-bond donors (Lipinski definition) is 2. The Balaban J connectivity index is 2.85. The van der Waals surface area contributed by atoms with Crippen molar-refractivity contribution in [2.45, 2.75) is 20.1 Å². The number of aliphatic hydroxyl groups excluding tert-OH is 1. The second-order valence-electron chi connectivity index (χ2n) is 3.34. The van der Waals surface area contributed by atoms with E-state index in [-0.39, 0.29) is 5.41 Å². The Labute approximate surface area is 67.4 Å². The van der Waals surface area contributed by atoms with E-state index in [1.165, 1.54) is 0 Å². The highest BCUT2D eigenvalue weighted by Crippen LogP contribution is 2.34. The summed E-state index contributed by atoms with van der Waals surface area (Å²) >= 11 is 0. The van der Waals surface area contributed by atoms with Gasteiger partial charge in [0.2, 0.25) is 0 Å². The van der Waals surface area contributed by atoms with Crippen molar-refractivity contribution in [1.82, 2.24) is 0 Å². The average molecular weight is 153 g/mol. The van der Waals surface area contributed by atoms with Gasteiger partial charge >= 0.3 is 0 Å². The molecule has 3 N–H and O–H groups in total. The van der Waals surface area contributed by atoms with Gasteiger partial charge in [-0.15, -0.1) is 0 Å². The smallest absolute Gasteiger partial charge is 0.111 e. The standard InChI is InChI=1S/C9H15NO/c1-7-5-3-4-6-9(7,2)8(10)11/h3-8,11H,10H2,1-2H3/t7-,8-,9-/m1/s1. The van der Waals surface area contributed by atoms with E-state index in [1.54, 1.807) is 0 Å². The lowest BCUT2D eigenvalue weighted by Gasteiger charge is -2.35. The molecule has 0 aliphatic heterocycles. The maximum absolute atomic E-state index is 9.30. The van der Waals surface area contributed by atoms with Crippen LogP contribution in [0.3, 0.4) is 0 Å². The van der Waals surface area contributed by atoms with Crippen molar-refractivity contribution in [3.63, 3.8) is 0 Å². The van der Waals surface area contributed by atoms with E-state index in [1.807, 2.05) is 25.2 Å². The molecule has 2 heteroatoms. The molecular weight excluding hydrogens is 138 g/mol. The summed E-state index contributed by atoms with van der Waals surface area (Å²) in [6.45, 7) is 4.01. The van der Waals surface area contributed by atoms with Crippen LogP contribution in [0.5, 0.6) is 0 Å². The molecule has 0 heterocycles. The van der Waals surface area contributed by atoms with Gasteiger partial charge in [-0.1, -0.05) is 38.2 Å². The number of hydrogen-bond acceptors (Lipinski definition) is 2. The zero-order chi connectivity index (χ0) is 8.48. The molecule has 0 radical (unpaired) electrons. The maximum atomic E-state index is 9.30. The lowest BCUT2D eigenvalue weighted by atomic mass is 9.74. The highest BCUT2D eigenvalue weighted by atomic mass is 16.3. The second-order valence-corrected chi connectivity index (χ2v) is 3.34. The van der Waals surface area contributed by atoms with Gasteiger partial charge in [0, 0.05) is 5.41 Å². The maximum Gasteiger partial charge on any atom is 0.111 e. The minimum Gasteiger partial charge on any atom is -0.378 e. The fraction of sp³-hybridized carbons (Fsp3) is 0.556. The molecule has 2 nitrogen and oxygen atoms in total. The van der Waals surface area contributed by atoms with E-state index in [9.17, 15) is 5.11 Å². The molecule has 0 bridgehead atoms. The van der Waals surface area contributed by atoms with Crippen LogP contribution in [0.4, 0.5) is 0 Å². The number of rotatable bonds is 1. The van der Waals surface area contributed by atoms with Crippen LogP contribution in [0.25, 0.3) is 0 Å². The van der Waals surface area contributed by atoms with Gasteiger partial charge in [0.1, 0.15) is 6.23 Å². The molecule has 0 unspecified atom stereocenters. The first kappa shape index (κ1) is 8.50. The van der Waals surface area contributed by atoms with E-state index >= 15 is 0 Å². The quantitative estimate of drug-likeness (QED) is 0.553. The van der Waals surface area contributed by atoms with Crippen molar-refractivity contribution in [3.8, 4) is 0 Å². The summed E-state index contributed by atoms with van der Waals surface area (Å²) in [5.41, 5.74) is 5.17. The molecular formula is C9H15NO. The van der Waals surface area contributed by atoms with Crippen LogP contribution in [0.1, 0.15) is 13.8 Å². The molecule has 62 valence electrons. The zero-order valence-electron chi connectivity index (χ0n) is 6.99. The van der Waals surface area contributed by atoms with Crippen LogP contribution in [0.2, 0.25) is 0 Å². The Hall–Kier alpha value is -0.600. The lowest BCUT2D eigenvalue weighted by Crippen LogP contribution is -2.42. The molecule has 0 fully saturated rings. The first-order valence-electron chi connectivity index (χ1n) is 3.87. The van der Waals surface area contributed by atoms with Crippen LogP contribution in [-0.4, -0.2) is 11.3 Å². The zero-order valence-corrected chi connectivity index (χ0v) is 6.99. The number of aliphatic hydroxyl groups is 1. The molecule has 1 aliphatic rings.